The zero-order chi connectivity index (χ0) is 19.7. The van der Waals surface area contributed by atoms with E-state index in [0.29, 0.717) is 34.2 Å². The van der Waals surface area contributed by atoms with Gasteiger partial charge in [0.2, 0.25) is 11.8 Å². The Bertz CT molecular complexity index is 1190. The number of fused-ring (bicyclic) bond motifs is 1. The van der Waals surface area contributed by atoms with Crippen LogP contribution in [0.4, 0.5) is 5.95 Å². The summed E-state index contributed by atoms with van der Waals surface area (Å²) in [7, 11) is 1.58. The normalized spacial score (nSPS) is 10.8. The monoisotopic (exact) mass is 375 g/mol. The summed E-state index contributed by atoms with van der Waals surface area (Å²) in [6, 6.07) is 8.62. The zero-order valence-electron chi connectivity index (χ0n) is 15.2. The second kappa shape index (κ2) is 6.95. The number of benzene rings is 1. The van der Waals surface area contributed by atoms with Crippen LogP contribution < -0.4 is 15.8 Å². The van der Waals surface area contributed by atoms with Crippen LogP contribution in [0, 0.1) is 6.92 Å². The predicted octanol–water partition coefficient (Wildman–Crippen LogP) is 2.23. The van der Waals surface area contributed by atoms with E-state index in [1.807, 2.05) is 11.3 Å². The van der Waals surface area contributed by atoms with Gasteiger partial charge in [0.1, 0.15) is 11.4 Å². The third-order valence-electron chi connectivity index (χ3n) is 4.19. The Labute approximate surface area is 160 Å². The summed E-state index contributed by atoms with van der Waals surface area (Å²) >= 11 is 0. The molecule has 0 atom stereocenters. The van der Waals surface area contributed by atoms with Crippen molar-refractivity contribution in [3.63, 3.8) is 0 Å². The fourth-order valence-electron chi connectivity index (χ4n) is 2.82. The van der Waals surface area contributed by atoms with Crippen molar-refractivity contribution in [2.24, 2.45) is 0 Å². The van der Waals surface area contributed by atoms with E-state index >= 15 is 0 Å². The first-order valence-electron chi connectivity index (χ1n) is 8.49. The van der Waals surface area contributed by atoms with E-state index < -0.39 is 0 Å². The van der Waals surface area contributed by atoms with Crippen molar-refractivity contribution >= 4 is 17.5 Å². The van der Waals surface area contributed by atoms with Crippen LogP contribution in [0.2, 0.25) is 0 Å². The highest BCUT2D eigenvalue weighted by Crippen LogP contribution is 2.25. The number of aryl methyl sites for hydroxylation is 1. The van der Waals surface area contributed by atoms with Crippen molar-refractivity contribution < 1.29 is 9.53 Å². The molecule has 1 amide bonds. The first-order valence-corrected chi connectivity index (χ1v) is 8.49. The van der Waals surface area contributed by atoms with Gasteiger partial charge < -0.3 is 15.8 Å². The van der Waals surface area contributed by atoms with E-state index in [1.165, 1.54) is 0 Å². The minimum atomic E-state index is -0.187. The minimum absolute atomic E-state index is 0.187. The molecule has 0 aliphatic heterocycles. The lowest BCUT2D eigenvalue weighted by atomic mass is 10.2. The van der Waals surface area contributed by atoms with Gasteiger partial charge in [-0.15, -0.1) is 0 Å². The molecule has 140 valence electrons. The van der Waals surface area contributed by atoms with Crippen LogP contribution in [0.3, 0.4) is 0 Å². The Morgan fingerprint density at radius 2 is 2.07 bits per heavy atom. The first-order chi connectivity index (χ1) is 13.5. The molecule has 0 radical (unpaired) electrons. The Morgan fingerprint density at radius 3 is 2.86 bits per heavy atom. The fraction of sp³-hybridized carbons (Fsp3) is 0.105. The Kier molecular flexibility index (Phi) is 4.32. The number of ether oxygens (including phenoxy) is 1. The third kappa shape index (κ3) is 3.20. The van der Waals surface area contributed by atoms with Crippen molar-refractivity contribution in [1.82, 2.24) is 29.7 Å². The Balaban J connectivity index is 1.69. The molecule has 3 N–H and O–H groups in total. The lowest BCUT2D eigenvalue weighted by Gasteiger charge is -2.07. The van der Waals surface area contributed by atoms with Gasteiger partial charge in [0.25, 0.3) is 5.91 Å². The van der Waals surface area contributed by atoms with Crippen LogP contribution >= 0.6 is 0 Å². The number of hydrogen-bond donors (Lipinski definition) is 2. The molecule has 0 unspecified atom stereocenters. The van der Waals surface area contributed by atoms with Crippen molar-refractivity contribution in [3.8, 4) is 23.0 Å². The molecule has 3 heterocycles. The molecule has 1 aromatic carbocycles. The number of nitrogens with one attached hydrogen (secondary N) is 1. The smallest absolute Gasteiger partial charge is 0.251 e. The van der Waals surface area contributed by atoms with Gasteiger partial charge in [0, 0.05) is 24.5 Å². The van der Waals surface area contributed by atoms with Gasteiger partial charge in [-0.2, -0.15) is 0 Å². The Morgan fingerprint density at radius 1 is 1.21 bits per heavy atom. The van der Waals surface area contributed by atoms with Crippen LogP contribution in [0.25, 0.3) is 17.0 Å². The van der Waals surface area contributed by atoms with Crippen LogP contribution in [0.15, 0.2) is 48.9 Å². The molecule has 0 aliphatic carbocycles. The maximum atomic E-state index is 11.8. The molecule has 9 heteroatoms. The summed E-state index contributed by atoms with van der Waals surface area (Å²) < 4.78 is 7.69. The van der Waals surface area contributed by atoms with E-state index in [9.17, 15) is 4.79 Å². The van der Waals surface area contributed by atoms with Gasteiger partial charge in [-0.3, -0.25) is 9.20 Å². The summed E-state index contributed by atoms with van der Waals surface area (Å²) in [5.41, 5.74) is 9.01. The number of amides is 1. The second-order valence-electron chi connectivity index (χ2n) is 6.01. The predicted molar refractivity (Wildman–Crippen MR) is 103 cm³/mol. The minimum Gasteiger partial charge on any atom is -0.438 e. The highest BCUT2D eigenvalue weighted by molar-refractivity contribution is 5.94. The summed E-state index contributed by atoms with van der Waals surface area (Å²) in [6.45, 7) is 1.92. The highest BCUT2D eigenvalue weighted by Gasteiger charge is 2.14. The molecule has 0 fully saturated rings. The topological polar surface area (TPSA) is 120 Å². The zero-order valence-corrected chi connectivity index (χ0v) is 15.2. The molecule has 0 saturated carbocycles. The van der Waals surface area contributed by atoms with Crippen molar-refractivity contribution in [2.45, 2.75) is 6.92 Å². The van der Waals surface area contributed by atoms with Gasteiger partial charge in [0.15, 0.2) is 5.65 Å². The number of hydrogen-bond acceptors (Lipinski definition) is 7. The third-order valence-corrected chi connectivity index (χ3v) is 4.19. The standard InChI is InChI=1S/C19H17N7O2/c1-11-17(14-6-7-22-19(20)24-14)25-15-9-23-16(10-26(11)15)28-13-5-3-4-12(8-13)18(27)21-2/h3-10H,1-2H3,(H,21,27)(H2,20,22,24). The van der Waals surface area contributed by atoms with E-state index in [2.05, 4.69) is 25.3 Å². The summed E-state index contributed by atoms with van der Waals surface area (Å²) in [4.78, 5) is 28.8. The van der Waals surface area contributed by atoms with Gasteiger partial charge in [-0.1, -0.05) is 6.07 Å². The second-order valence-corrected chi connectivity index (χ2v) is 6.01. The number of anilines is 1. The summed E-state index contributed by atoms with van der Waals surface area (Å²) in [5, 5.41) is 2.58. The SMILES string of the molecule is CNC(=O)c1cccc(Oc2cn3c(C)c(-c4ccnc(N)n4)nc3cn2)c1. The molecule has 0 aliphatic rings. The average molecular weight is 375 g/mol. The molecule has 0 spiro atoms. The van der Waals surface area contributed by atoms with Crippen molar-refractivity contribution in [2.75, 3.05) is 12.8 Å². The van der Waals surface area contributed by atoms with Crippen molar-refractivity contribution in [3.05, 3.63) is 60.2 Å². The number of imidazole rings is 1. The molecular formula is C19H17N7O2. The van der Waals surface area contributed by atoms with Gasteiger partial charge in [-0.05, 0) is 31.2 Å². The van der Waals surface area contributed by atoms with Crippen LogP contribution in [-0.4, -0.2) is 37.3 Å². The van der Waals surface area contributed by atoms with Crippen LogP contribution in [0.1, 0.15) is 16.1 Å². The van der Waals surface area contributed by atoms with E-state index in [-0.39, 0.29) is 11.9 Å². The first kappa shape index (κ1) is 17.4. The van der Waals surface area contributed by atoms with E-state index in [0.717, 1.165) is 5.69 Å². The number of rotatable bonds is 4. The number of nitrogens with zero attached hydrogens (tertiary/aromatic N) is 5. The summed E-state index contributed by atoms with van der Waals surface area (Å²) in [6.07, 6.45) is 4.94. The molecule has 28 heavy (non-hydrogen) atoms. The molecule has 4 rings (SSSR count). The van der Waals surface area contributed by atoms with Gasteiger partial charge in [-0.25, -0.2) is 19.9 Å². The quantitative estimate of drug-likeness (QED) is 0.561. The van der Waals surface area contributed by atoms with Crippen molar-refractivity contribution in [1.29, 1.82) is 0 Å². The van der Waals surface area contributed by atoms with E-state index in [1.54, 1.807) is 56.0 Å². The van der Waals surface area contributed by atoms with E-state index in [4.69, 9.17) is 10.5 Å². The highest BCUT2D eigenvalue weighted by atomic mass is 16.5. The lowest BCUT2D eigenvalue weighted by Crippen LogP contribution is -2.17. The molecule has 4 aromatic rings. The molecule has 9 nitrogen and oxygen atoms in total. The largest absolute Gasteiger partial charge is 0.438 e. The molecule has 0 saturated heterocycles. The Hall–Kier alpha value is -4.01. The number of carbonyl (C=O) groups excluding carboxylic acids is 1. The molecule has 3 aromatic heterocycles. The number of aromatic nitrogens is 5. The van der Waals surface area contributed by atoms with Crippen LogP contribution in [-0.2, 0) is 0 Å². The average Bonchev–Trinajstić information content (AvgIpc) is 3.04. The number of nitrogen functional groups attached to an aromatic ring is 1. The maximum absolute atomic E-state index is 11.8. The number of nitrogens with two attached hydrogens (primary N) is 1. The maximum Gasteiger partial charge on any atom is 0.251 e. The fourth-order valence-corrected chi connectivity index (χ4v) is 2.82. The van der Waals surface area contributed by atoms with Crippen LogP contribution in [0.5, 0.6) is 11.6 Å². The summed E-state index contributed by atoms with van der Waals surface area (Å²) in [5.74, 6) is 0.880. The number of carbonyl (C=O) groups is 1. The lowest BCUT2D eigenvalue weighted by molar-refractivity contribution is 0.0963. The molecule has 0 bridgehead atoms. The van der Waals surface area contributed by atoms with Gasteiger partial charge in [0.05, 0.1) is 18.1 Å². The van der Waals surface area contributed by atoms with Gasteiger partial charge >= 0.3 is 0 Å². The molecular weight excluding hydrogens is 358 g/mol.